The number of nitrogens with one attached hydrogen (secondary N) is 2. The lowest BCUT2D eigenvalue weighted by Gasteiger charge is -2.33. The number of piperidine rings is 1. The molecule has 2 N–H and O–H groups in total. The van der Waals surface area contributed by atoms with Crippen LogP contribution in [0.5, 0.6) is 0 Å². The highest BCUT2D eigenvalue weighted by Gasteiger charge is 2.27. The number of hydrogen-bond donors (Lipinski definition) is 2. The summed E-state index contributed by atoms with van der Waals surface area (Å²) in [5, 5.41) is 6.32. The zero-order chi connectivity index (χ0) is 13.0. The van der Waals surface area contributed by atoms with Crippen LogP contribution in [-0.2, 0) is 4.79 Å². The maximum absolute atomic E-state index is 12.9. The highest BCUT2D eigenvalue weighted by Crippen LogP contribution is 2.25. The van der Waals surface area contributed by atoms with Gasteiger partial charge in [0.05, 0.1) is 0 Å². The van der Waals surface area contributed by atoms with E-state index in [0.29, 0.717) is 6.42 Å². The van der Waals surface area contributed by atoms with Gasteiger partial charge in [-0.25, -0.2) is 4.39 Å². The van der Waals surface area contributed by atoms with Crippen molar-refractivity contribution in [2.75, 3.05) is 13.1 Å². The third kappa shape index (κ3) is 3.07. The minimum absolute atomic E-state index is 0.0656. The summed E-state index contributed by atoms with van der Waals surface area (Å²) < 4.78 is 12.9. The molecule has 1 aliphatic heterocycles. The number of amides is 1. The van der Waals surface area contributed by atoms with Crippen LogP contribution in [0.15, 0.2) is 24.3 Å². The van der Waals surface area contributed by atoms with Gasteiger partial charge in [-0.15, -0.1) is 0 Å². The molecule has 0 bridgehead atoms. The Hall–Kier alpha value is -1.42. The smallest absolute Gasteiger partial charge is 0.219 e. The standard InChI is InChI=1S/C14H19FN2O/c1-2-14(18)17-13-9-16-8-7-12(13)10-3-5-11(15)6-4-10/h3-6,12-13,16H,2,7-9H2,1H3,(H,17,18). The Balaban J connectivity index is 2.12. The molecule has 1 fully saturated rings. The Labute approximate surface area is 107 Å². The average Bonchev–Trinajstić information content (AvgIpc) is 2.40. The van der Waals surface area contributed by atoms with Gasteiger partial charge in [0.2, 0.25) is 5.91 Å². The molecule has 2 rings (SSSR count). The van der Waals surface area contributed by atoms with Gasteiger partial charge < -0.3 is 10.6 Å². The molecule has 0 aromatic heterocycles. The fourth-order valence-electron chi connectivity index (χ4n) is 2.43. The van der Waals surface area contributed by atoms with Gasteiger partial charge in [0.15, 0.2) is 0 Å². The molecule has 4 heteroatoms. The number of benzene rings is 1. The summed E-state index contributed by atoms with van der Waals surface area (Å²) in [4.78, 5) is 11.5. The van der Waals surface area contributed by atoms with Crippen molar-refractivity contribution in [3.63, 3.8) is 0 Å². The van der Waals surface area contributed by atoms with Crippen LogP contribution in [-0.4, -0.2) is 25.0 Å². The molecule has 0 saturated carbocycles. The van der Waals surface area contributed by atoms with E-state index in [0.717, 1.165) is 25.1 Å². The zero-order valence-corrected chi connectivity index (χ0v) is 10.6. The van der Waals surface area contributed by atoms with E-state index in [1.807, 2.05) is 19.1 Å². The predicted octanol–water partition coefficient (Wildman–Crippen LogP) is 1.80. The molecule has 0 radical (unpaired) electrons. The van der Waals surface area contributed by atoms with Crippen molar-refractivity contribution >= 4 is 5.91 Å². The van der Waals surface area contributed by atoms with Crippen molar-refractivity contribution in [3.05, 3.63) is 35.6 Å². The van der Waals surface area contributed by atoms with Gasteiger partial charge in [0.1, 0.15) is 5.82 Å². The number of hydrogen-bond acceptors (Lipinski definition) is 2. The Morgan fingerprint density at radius 1 is 1.44 bits per heavy atom. The molecule has 1 heterocycles. The zero-order valence-electron chi connectivity index (χ0n) is 10.6. The maximum Gasteiger partial charge on any atom is 0.219 e. The molecule has 2 atom stereocenters. The fourth-order valence-corrected chi connectivity index (χ4v) is 2.43. The Morgan fingerprint density at radius 2 is 2.17 bits per heavy atom. The van der Waals surface area contributed by atoms with Crippen LogP contribution < -0.4 is 10.6 Å². The first-order chi connectivity index (χ1) is 8.70. The number of halogens is 1. The molecule has 1 amide bonds. The van der Waals surface area contributed by atoms with E-state index in [2.05, 4.69) is 10.6 Å². The lowest BCUT2D eigenvalue weighted by Crippen LogP contribution is -2.49. The van der Waals surface area contributed by atoms with Gasteiger partial charge in [-0.05, 0) is 30.7 Å². The van der Waals surface area contributed by atoms with E-state index in [9.17, 15) is 9.18 Å². The van der Waals surface area contributed by atoms with Crippen LogP contribution in [0.3, 0.4) is 0 Å². The molecular formula is C14H19FN2O. The summed E-state index contributed by atoms with van der Waals surface area (Å²) in [6, 6.07) is 6.69. The summed E-state index contributed by atoms with van der Waals surface area (Å²) >= 11 is 0. The Morgan fingerprint density at radius 3 is 2.83 bits per heavy atom. The van der Waals surface area contributed by atoms with Crippen LogP contribution in [0.4, 0.5) is 4.39 Å². The minimum atomic E-state index is -0.221. The van der Waals surface area contributed by atoms with Crippen LogP contribution in [0, 0.1) is 5.82 Å². The molecule has 1 saturated heterocycles. The van der Waals surface area contributed by atoms with Crippen LogP contribution in [0.1, 0.15) is 31.2 Å². The van der Waals surface area contributed by atoms with E-state index < -0.39 is 0 Å². The summed E-state index contributed by atoms with van der Waals surface area (Å²) in [5.74, 6) is 0.111. The van der Waals surface area contributed by atoms with Crippen molar-refractivity contribution in [2.45, 2.75) is 31.7 Å². The molecule has 98 valence electrons. The van der Waals surface area contributed by atoms with Crippen LogP contribution >= 0.6 is 0 Å². The largest absolute Gasteiger partial charge is 0.351 e. The maximum atomic E-state index is 12.9. The Bertz CT molecular complexity index is 405. The first-order valence-corrected chi connectivity index (χ1v) is 6.46. The van der Waals surface area contributed by atoms with Gasteiger partial charge >= 0.3 is 0 Å². The summed E-state index contributed by atoms with van der Waals surface area (Å²) in [6.45, 7) is 3.55. The van der Waals surface area contributed by atoms with Crippen molar-refractivity contribution < 1.29 is 9.18 Å². The highest BCUT2D eigenvalue weighted by atomic mass is 19.1. The van der Waals surface area contributed by atoms with E-state index in [-0.39, 0.29) is 23.7 Å². The van der Waals surface area contributed by atoms with Gasteiger partial charge in [-0.1, -0.05) is 19.1 Å². The Kier molecular flexibility index (Phi) is 4.31. The molecule has 1 aromatic rings. The topological polar surface area (TPSA) is 41.1 Å². The predicted molar refractivity (Wildman–Crippen MR) is 68.8 cm³/mol. The molecule has 2 unspecified atom stereocenters. The fraction of sp³-hybridized carbons (Fsp3) is 0.500. The second-order valence-electron chi connectivity index (χ2n) is 4.68. The lowest BCUT2D eigenvalue weighted by molar-refractivity contribution is -0.121. The van der Waals surface area contributed by atoms with Gasteiger partial charge in [0.25, 0.3) is 0 Å². The molecule has 0 spiro atoms. The monoisotopic (exact) mass is 250 g/mol. The van der Waals surface area contributed by atoms with Gasteiger partial charge in [-0.2, -0.15) is 0 Å². The van der Waals surface area contributed by atoms with Gasteiger partial charge in [-0.3, -0.25) is 4.79 Å². The summed E-state index contributed by atoms with van der Waals surface area (Å²) in [6.07, 6.45) is 1.45. The van der Waals surface area contributed by atoms with E-state index in [1.165, 1.54) is 12.1 Å². The molecular weight excluding hydrogens is 231 g/mol. The first kappa shape index (κ1) is 13.0. The second-order valence-corrected chi connectivity index (χ2v) is 4.68. The average molecular weight is 250 g/mol. The number of rotatable bonds is 3. The van der Waals surface area contributed by atoms with Crippen molar-refractivity contribution in [1.29, 1.82) is 0 Å². The molecule has 3 nitrogen and oxygen atoms in total. The van der Waals surface area contributed by atoms with Crippen LogP contribution in [0.25, 0.3) is 0 Å². The lowest BCUT2D eigenvalue weighted by atomic mass is 9.86. The van der Waals surface area contributed by atoms with E-state index in [4.69, 9.17) is 0 Å². The summed E-state index contributed by atoms with van der Waals surface area (Å²) in [7, 11) is 0. The first-order valence-electron chi connectivity index (χ1n) is 6.46. The van der Waals surface area contributed by atoms with E-state index in [1.54, 1.807) is 0 Å². The van der Waals surface area contributed by atoms with Crippen LogP contribution in [0.2, 0.25) is 0 Å². The molecule has 18 heavy (non-hydrogen) atoms. The van der Waals surface area contributed by atoms with Crippen molar-refractivity contribution in [3.8, 4) is 0 Å². The molecule has 1 aromatic carbocycles. The minimum Gasteiger partial charge on any atom is -0.351 e. The van der Waals surface area contributed by atoms with Gasteiger partial charge in [0, 0.05) is 24.9 Å². The number of carbonyl (C=O) groups is 1. The second kappa shape index (κ2) is 5.96. The third-order valence-electron chi connectivity index (χ3n) is 3.45. The van der Waals surface area contributed by atoms with E-state index >= 15 is 0 Å². The third-order valence-corrected chi connectivity index (χ3v) is 3.45. The summed E-state index contributed by atoms with van der Waals surface area (Å²) in [5.41, 5.74) is 1.10. The normalized spacial score (nSPS) is 23.7. The molecule has 0 aliphatic carbocycles. The quantitative estimate of drug-likeness (QED) is 0.859. The SMILES string of the molecule is CCC(=O)NC1CNCCC1c1ccc(F)cc1. The van der Waals surface area contributed by atoms with Crippen molar-refractivity contribution in [2.24, 2.45) is 0 Å². The van der Waals surface area contributed by atoms with Crippen molar-refractivity contribution in [1.82, 2.24) is 10.6 Å². The highest BCUT2D eigenvalue weighted by molar-refractivity contribution is 5.76. The number of carbonyl (C=O) groups excluding carboxylic acids is 1. The molecule has 1 aliphatic rings.